The second-order valence-electron chi connectivity index (χ2n) is 11.0. The van der Waals surface area contributed by atoms with E-state index in [1.54, 1.807) is 0 Å². The lowest BCUT2D eigenvalue weighted by molar-refractivity contribution is -0.0449. The summed E-state index contributed by atoms with van der Waals surface area (Å²) in [5, 5.41) is 11.2. The van der Waals surface area contributed by atoms with E-state index in [0.717, 1.165) is 12.8 Å². The largest absolute Gasteiger partial charge is 0.448 e. The highest BCUT2D eigenvalue weighted by Crippen LogP contribution is 2.45. The summed E-state index contributed by atoms with van der Waals surface area (Å²) in [4.78, 5) is 15.1. The molecule has 0 aromatic heterocycles. The van der Waals surface area contributed by atoms with E-state index in [1.807, 2.05) is 4.90 Å². The summed E-state index contributed by atoms with van der Waals surface area (Å²) in [6, 6.07) is 16.9. The Labute approximate surface area is 198 Å². The van der Waals surface area contributed by atoms with Crippen molar-refractivity contribution in [3.8, 4) is 22.6 Å². The molecule has 2 fully saturated rings. The quantitative estimate of drug-likeness (QED) is 0.483. The van der Waals surface area contributed by atoms with Crippen LogP contribution in [0, 0.1) is 11.5 Å². The van der Waals surface area contributed by atoms with E-state index in [2.05, 4.69) is 79.6 Å². The molecule has 172 valence electrons. The van der Waals surface area contributed by atoms with Gasteiger partial charge in [-0.1, -0.05) is 68.2 Å². The van der Waals surface area contributed by atoms with Crippen molar-refractivity contribution in [1.82, 2.24) is 4.90 Å². The first-order valence-corrected chi connectivity index (χ1v) is 15.6. The normalized spacial score (nSPS) is 25.8. The van der Waals surface area contributed by atoms with Gasteiger partial charge in [-0.05, 0) is 47.9 Å². The van der Waals surface area contributed by atoms with E-state index in [0.29, 0.717) is 25.9 Å². The Kier molecular flexibility index (Phi) is 5.62. The molecule has 1 aliphatic carbocycles. The Hall–Kier alpha value is -2.55. The molecular weight excluding hydrogens is 426 g/mol. The number of fused-ring (bicyclic) bond motifs is 5. The maximum Gasteiger partial charge on any atom is 0.410 e. The van der Waals surface area contributed by atoms with Gasteiger partial charge in [0, 0.05) is 24.4 Å². The summed E-state index contributed by atoms with van der Waals surface area (Å²) in [6.07, 6.45) is 3.31. The topological polar surface area (TPSA) is 49.8 Å². The highest BCUT2D eigenvalue weighted by molar-refractivity contribution is 6.83. The minimum absolute atomic E-state index is 0.0399. The molecule has 5 rings (SSSR count). The van der Waals surface area contributed by atoms with Crippen molar-refractivity contribution in [2.24, 2.45) is 0 Å². The maximum absolute atomic E-state index is 13.2. The first kappa shape index (κ1) is 22.2. The Morgan fingerprint density at radius 1 is 1.03 bits per heavy atom. The van der Waals surface area contributed by atoms with Crippen LogP contribution in [0.3, 0.4) is 0 Å². The number of aliphatic hydroxyl groups is 1. The zero-order chi connectivity index (χ0) is 23.2. The van der Waals surface area contributed by atoms with Gasteiger partial charge in [-0.15, -0.1) is 11.5 Å². The molecule has 1 N–H and O–H groups in total. The number of hydrogen-bond acceptors (Lipinski definition) is 3. The zero-order valence-corrected chi connectivity index (χ0v) is 20.8. The van der Waals surface area contributed by atoms with Gasteiger partial charge in [-0.2, -0.15) is 0 Å². The van der Waals surface area contributed by atoms with Gasteiger partial charge in [0.1, 0.15) is 14.7 Å². The van der Waals surface area contributed by atoms with Crippen LogP contribution in [0.2, 0.25) is 19.6 Å². The third kappa shape index (κ3) is 4.35. The van der Waals surface area contributed by atoms with Gasteiger partial charge in [0.15, 0.2) is 0 Å². The monoisotopic (exact) mass is 459 g/mol. The van der Waals surface area contributed by atoms with Crippen LogP contribution < -0.4 is 0 Å². The molecule has 2 aliphatic heterocycles. The Morgan fingerprint density at radius 2 is 1.58 bits per heavy atom. The van der Waals surface area contributed by atoms with Gasteiger partial charge < -0.3 is 14.7 Å². The maximum atomic E-state index is 13.2. The average molecular weight is 460 g/mol. The van der Waals surface area contributed by atoms with E-state index in [4.69, 9.17) is 4.74 Å². The van der Waals surface area contributed by atoms with Crippen LogP contribution in [0.25, 0.3) is 11.1 Å². The molecule has 2 saturated heterocycles. The van der Waals surface area contributed by atoms with E-state index in [-0.39, 0.29) is 24.1 Å². The van der Waals surface area contributed by atoms with Gasteiger partial charge in [-0.3, -0.25) is 0 Å². The van der Waals surface area contributed by atoms with E-state index < -0.39 is 13.7 Å². The minimum atomic E-state index is -1.46. The second kappa shape index (κ2) is 8.34. The number of carbonyl (C=O) groups is 1. The van der Waals surface area contributed by atoms with Crippen molar-refractivity contribution < 1.29 is 14.6 Å². The molecule has 2 aromatic rings. The van der Waals surface area contributed by atoms with E-state index in [1.165, 1.54) is 22.3 Å². The number of ether oxygens (including phenoxy) is 1. The number of benzene rings is 2. The molecule has 1 amide bonds. The van der Waals surface area contributed by atoms with Crippen LogP contribution >= 0.6 is 0 Å². The molecule has 0 spiro atoms. The van der Waals surface area contributed by atoms with Crippen LogP contribution in [0.15, 0.2) is 48.5 Å². The second-order valence-corrected chi connectivity index (χ2v) is 15.7. The van der Waals surface area contributed by atoms with Crippen molar-refractivity contribution >= 4 is 14.2 Å². The summed E-state index contributed by atoms with van der Waals surface area (Å²) in [5.41, 5.74) is 7.49. The van der Waals surface area contributed by atoms with Crippen molar-refractivity contribution in [2.75, 3.05) is 6.61 Å². The van der Waals surface area contributed by atoms with E-state index >= 15 is 0 Å². The molecule has 2 atom stereocenters. The summed E-state index contributed by atoms with van der Waals surface area (Å²) in [5.74, 6) is 3.32. The van der Waals surface area contributed by atoms with Gasteiger partial charge in [0.05, 0.1) is 5.60 Å². The number of hydrogen-bond donors (Lipinski definition) is 1. The fourth-order valence-corrected chi connectivity index (χ4v) is 6.53. The van der Waals surface area contributed by atoms with Gasteiger partial charge in [0.25, 0.3) is 0 Å². The molecule has 2 bridgehead atoms. The third-order valence-corrected chi connectivity index (χ3v) is 8.21. The molecule has 2 unspecified atom stereocenters. The van der Waals surface area contributed by atoms with Crippen LogP contribution in [-0.4, -0.2) is 48.5 Å². The fraction of sp³-hybridized carbons (Fsp3) is 0.464. The Bertz CT molecular complexity index is 1070. The lowest BCUT2D eigenvalue weighted by Gasteiger charge is -2.42. The molecule has 0 saturated carbocycles. The molecular formula is C28H33NO3Si. The number of amides is 1. The smallest absolute Gasteiger partial charge is 0.410 e. The van der Waals surface area contributed by atoms with Crippen molar-refractivity contribution in [3.05, 3.63) is 59.7 Å². The van der Waals surface area contributed by atoms with E-state index in [9.17, 15) is 9.90 Å². The first-order chi connectivity index (χ1) is 15.7. The molecule has 33 heavy (non-hydrogen) atoms. The van der Waals surface area contributed by atoms with Crippen molar-refractivity contribution in [1.29, 1.82) is 0 Å². The zero-order valence-electron chi connectivity index (χ0n) is 19.8. The number of nitrogens with zero attached hydrogens (tertiary/aromatic N) is 1. The van der Waals surface area contributed by atoms with Crippen LogP contribution in [0.4, 0.5) is 4.79 Å². The number of carbonyl (C=O) groups excluding carboxylic acids is 1. The third-order valence-electron chi connectivity index (χ3n) is 7.28. The molecule has 5 heteroatoms. The average Bonchev–Trinajstić information content (AvgIpc) is 3.24. The summed E-state index contributed by atoms with van der Waals surface area (Å²) < 4.78 is 5.94. The fourth-order valence-electron chi connectivity index (χ4n) is 5.91. The SMILES string of the molecule is C[Si](C)(C)C#CCC1(O)CC2CCC(C1)N2C(=O)OCC1c2ccccc2-c2ccccc21. The minimum Gasteiger partial charge on any atom is -0.448 e. The first-order valence-electron chi connectivity index (χ1n) is 12.1. The molecule has 4 nitrogen and oxygen atoms in total. The molecule has 3 aliphatic rings. The predicted octanol–water partition coefficient (Wildman–Crippen LogP) is 5.56. The number of piperidine rings is 1. The highest BCUT2D eigenvalue weighted by atomic mass is 28.3. The van der Waals surface area contributed by atoms with Crippen LogP contribution in [0.5, 0.6) is 0 Å². The summed E-state index contributed by atoms with van der Waals surface area (Å²) in [7, 11) is -1.46. The van der Waals surface area contributed by atoms with Gasteiger partial charge in [0.2, 0.25) is 0 Å². The van der Waals surface area contributed by atoms with Crippen molar-refractivity contribution in [2.45, 2.75) is 75.3 Å². The predicted molar refractivity (Wildman–Crippen MR) is 134 cm³/mol. The van der Waals surface area contributed by atoms with Gasteiger partial charge >= 0.3 is 6.09 Å². The van der Waals surface area contributed by atoms with Gasteiger partial charge in [-0.25, -0.2) is 4.79 Å². The molecule has 2 heterocycles. The number of rotatable bonds is 3. The summed E-state index contributed by atoms with van der Waals surface area (Å²) >= 11 is 0. The summed E-state index contributed by atoms with van der Waals surface area (Å²) in [6.45, 7) is 6.99. The van der Waals surface area contributed by atoms with Crippen molar-refractivity contribution in [3.63, 3.8) is 0 Å². The molecule has 0 radical (unpaired) electrons. The Balaban J connectivity index is 1.26. The molecule has 2 aromatic carbocycles. The highest BCUT2D eigenvalue weighted by Gasteiger charge is 2.49. The lowest BCUT2D eigenvalue weighted by Crippen LogP contribution is -2.53. The van der Waals surface area contributed by atoms with Crippen LogP contribution in [-0.2, 0) is 4.74 Å². The standard InChI is InChI=1S/C28H33NO3Si/c1-33(2,3)16-8-15-28(31)17-20-13-14-21(18-28)29(20)27(30)32-19-26-24-11-6-4-9-22(24)23-10-5-7-12-25(23)26/h4-7,9-12,20-21,26,31H,13-15,17-19H2,1-3H3. The Morgan fingerprint density at radius 3 is 2.12 bits per heavy atom. The lowest BCUT2D eigenvalue weighted by atomic mass is 9.84. The van der Waals surface area contributed by atoms with Crippen LogP contribution in [0.1, 0.15) is 49.1 Å².